The van der Waals surface area contributed by atoms with Gasteiger partial charge in [-0.3, -0.25) is 0 Å². The summed E-state index contributed by atoms with van der Waals surface area (Å²) in [4.78, 5) is -0.370. The molecule has 154 valence electrons. The zero-order chi connectivity index (χ0) is 21.7. The molecule has 31 heavy (non-hydrogen) atoms. The zero-order valence-electron chi connectivity index (χ0n) is 17.2. The smallest absolute Gasteiger partial charge is 0.744 e. The van der Waals surface area contributed by atoms with E-state index in [1.807, 2.05) is 13.0 Å². The molecule has 0 bridgehead atoms. The van der Waals surface area contributed by atoms with E-state index in [0.717, 1.165) is 11.6 Å². The Balaban J connectivity index is 0.00000341. The van der Waals surface area contributed by atoms with Gasteiger partial charge >= 0.3 is 29.6 Å². The molecule has 3 rings (SSSR count). The number of aryl methyl sites for hydroxylation is 1. The fourth-order valence-electron chi connectivity index (χ4n) is 2.53. The van der Waals surface area contributed by atoms with Crippen molar-refractivity contribution in [3.63, 3.8) is 0 Å². The number of anilines is 1. The minimum atomic E-state index is -4.56. The predicted molar refractivity (Wildman–Crippen MR) is 111 cm³/mol. The maximum atomic E-state index is 11.1. The molecule has 0 fully saturated rings. The van der Waals surface area contributed by atoms with Gasteiger partial charge < -0.3 is 15.0 Å². The van der Waals surface area contributed by atoms with Crippen LogP contribution in [0.1, 0.15) is 5.56 Å². The first kappa shape index (κ1) is 24.6. The zero-order valence-corrected chi connectivity index (χ0v) is 20.0. The Bertz CT molecular complexity index is 1250. The molecule has 0 spiro atoms. The van der Waals surface area contributed by atoms with Gasteiger partial charge in [0.15, 0.2) is 0 Å². The van der Waals surface area contributed by atoms with Crippen molar-refractivity contribution in [3.8, 4) is 5.75 Å². The second kappa shape index (κ2) is 10.6. The van der Waals surface area contributed by atoms with E-state index in [4.69, 9.17) is 10.5 Å². The standard InChI is InChI=1S/C20H19N5O4S.Na/c1-13-10-14(21)6-8-18(13)24-25-19-9-7-16(12-20(19)29-2)23-22-15-4-3-5-17(11-15)30(26,27)28;/h3-12H,21H2,1-2H3,(H,26,27,28);/q;+1/p-1. The molecule has 3 aromatic rings. The van der Waals surface area contributed by atoms with Crippen molar-refractivity contribution in [2.24, 2.45) is 20.5 Å². The monoisotopic (exact) mass is 447 g/mol. The van der Waals surface area contributed by atoms with E-state index >= 15 is 0 Å². The van der Waals surface area contributed by atoms with E-state index in [9.17, 15) is 13.0 Å². The summed E-state index contributed by atoms with van der Waals surface area (Å²) in [6.07, 6.45) is 0. The molecule has 0 saturated carbocycles. The first-order valence-electron chi connectivity index (χ1n) is 8.70. The Labute approximate surface area is 202 Å². The predicted octanol–water partition coefficient (Wildman–Crippen LogP) is 2.32. The molecule has 0 aliphatic carbocycles. The average molecular weight is 447 g/mol. The molecule has 3 aromatic carbocycles. The minimum Gasteiger partial charge on any atom is -0.744 e. The molecule has 0 atom stereocenters. The third-order valence-electron chi connectivity index (χ3n) is 4.04. The Hall–Kier alpha value is -2.63. The Morgan fingerprint density at radius 1 is 0.871 bits per heavy atom. The Morgan fingerprint density at radius 3 is 2.16 bits per heavy atom. The van der Waals surface area contributed by atoms with Crippen molar-refractivity contribution in [2.45, 2.75) is 11.8 Å². The molecule has 0 aliphatic rings. The van der Waals surface area contributed by atoms with E-state index in [0.29, 0.717) is 28.5 Å². The largest absolute Gasteiger partial charge is 1.00 e. The summed E-state index contributed by atoms with van der Waals surface area (Å²) in [5.74, 6) is 0.430. The number of ether oxygens (including phenoxy) is 1. The third-order valence-corrected chi connectivity index (χ3v) is 4.87. The van der Waals surface area contributed by atoms with Crippen LogP contribution in [-0.2, 0) is 10.1 Å². The van der Waals surface area contributed by atoms with Crippen LogP contribution in [0.25, 0.3) is 0 Å². The van der Waals surface area contributed by atoms with E-state index in [1.54, 1.807) is 30.3 Å². The normalized spacial score (nSPS) is 11.6. The summed E-state index contributed by atoms with van der Waals surface area (Å²) in [6, 6.07) is 15.6. The molecule has 0 aliphatic heterocycles. The summed E-state index contributed by atoms with van der Waals surface area (Å²) < 4.78 is 38.7. The summed E-state index contributed by atoms with van der Waals surface area (Å²) in [7, 11) is -3.07. The van der Waals surface area contributed by atoms with Crippen LogP contribution in [0.3, 0.4) is 0 Å². The van der Waals surface area contributed by atoms with Crippen molar-refractivity contribution < 1.29 is 47.3 Å². The molecule has 11 heteroatoms. The number of nitrogen functional groups attached to an aromatic ring is 1. The van der Waals surface area contributed by atoms with Gasteiger partial charge in [0.1, 0.15) is 21.6 Å². The maximum Gasteiger partial charge on any atom is 1.00 e. The van der Waals surface area contributed by atoms with E-state index < -0.39 is 10.1 Å². The van der Waals surface area contributed by atoms with Crippen LogP contribution in [0.15, 0.2) is 86.0 Å². The molecule has 0 saturated heterocycles. The van der Waals surface area contributed by atoms with Crippen molar-refractivity contribution in [1.29, 1.82) is 0 Å². The molecule has 0 amide bonds. The van der Waals surface area contributed by atoms with E-state index in [1.165, 1.54) is 25.3 Å². The van der Waals surface area contributed by atoms with Gasteiger partial charge in [-0.1, -0.05) is 6.07 Å². The van der Waals surface area contributed by atoms with Crippen molar-refractivity contribution >= 4 is 38.6 Å². The van der Waals surface area contributed by atoms with Crippen molar-refractivity contribution in [3.05, 3.63) is 66.2 Å². The van der Waals surface area contributed by atoms with Crippen molar-refractivity contribution in [1.82, 2.24) is 0 Å². The molecule has 0 aromatic heterocycles. The Morgan fingerprint density at radius 2 is 1.52 bits per heavy atom. The number of rotatable bonds is 6. The second-order valence-electron chi connectivity index (χ2n) is 6.25. The van der Waals surface area contributed by atoms with Crippen LogP contribution in [0, 0.1) is 6.92 Å². The van der Waals surface area contributed by atoms with Gasteiger partial charge in [-0.15, -0.1) is 5.11 Å². The fourth-order valence-corrected chi connectivity index (χ4v) is 3.04. The molecule has 0 radical (unpaired) electrons. The fraction of sp³-hybridized carbons (Fsp3) is 0.100. The van der Waals surface area contributed by atoms with Crippen LogP contribution >= 0.6 is 0 Å². The number of nitrogens with two attached hydrogens (primary N) is 1. The van der Waals surface area contributed by atoms with Crippen LogP contribution in [0.2, 0.25) is 0 Å². The average Bonchev–Trinajstić information content (AvgIpc) is 2.71. The minimum absolute atomic E-state index is 0. The number of nitrogens with zero attached hydrogens (tertiary/aromatic N) is 4. The SMILES string of the molecule is COc1cc(N=Nc2cccc(S(=O)(=O)[O-])c2)ccc1N=Nc1ccc(N)cc1C.[Na+]. The summed E-state index contributed by atoms with van der Waals surface area (Å²) >= 11 is 0. The van der Waals surface area contributed by atoms with E-state index in [-0.39, 0.29) is 40.1 Å². The number of benzene rings is 3. The van der Waals surface area contributed by atoms with Gasteiger partial charge in [-0.2, -0.15) is 15.3 Å². The number of azo groups is 2. The van der Waals surface area contributed by atoms with Gasteiger partial charge in [-0.05, 0) is 61.0 Å². The maximum absolute atomic E-state index is 11.1. The van der Waals surface area contributed by atoms with Gasteiger partial charge in [0.2, 0.25) is 0 Å². The second-order valence-corrected chi connectivity index (χ2v) is 7.63. The van der Waals surface area contributed by atoms with Crippen LogP contribution in [0.4, 0.5) is 28.4 Å². The van der Waals surface area contributed by atoms with Gasteiger partial charge in [-0.25, -0.2) is 8.42 Å². The molecule has 2 N–H and O–H groups in total. The van der Waals surface area contributed by atoms with Gasteiger partial charge in [0, 0.05) is 11.8 Å². The molecule has 9 nitrogen and oxygen atoms in total. The third kappa shape index (κ3) is 6.68. The number of methoxy groups -OCH3 is 1. The van der Waals surface area contributed by atoms with Crippen molar-refractivity contribution in [2.75, 3.05) is 12.8 Å². The summed E-state index contributed by atoms with van der Waals surface area (Å²) in [6.45, 7) is 1.89. The molecule has 0 heterocycles. The van der Waals surface area contributed by atoms with Gasteiger partial charge in [0.05, 0.1) is 29.1 Å². The number of hydrogen-bond acceptors (Lipinski definition) is 9. The van der Waals surface area contributed by atoms with Crippen LogP contribution < -0.4 is 40.0 Å². The summed E-state index contributed by atoms with van der Waals surface area (Å²) in [5, 5.41) is 16.5. The first-order valence-corrected chi connectivity index (χ1v) is 10.1. The van der Waals surface area contributed by atoms with Gasteiger partial charge in [0.25, 0.3) is 0 Å². The molecule has 0 unspecified atom stereocenters. The van der Waals surface area contributed by atoms with E-state index in [2.05, 4.69) is 20.5 Å². The first-order chi connectivity index (χ1) is 14.3. The number of hydrogen-bond donors (Lipinski definition) is 1. The molecular weight excluding hydrogens is 429 g/mol. The quantitative estimate of drug-likeness (QED) is 0.267. The summed E-state index contributed by atoms with van der Waals surface area (Å²) in [5.41, 5.74) is 9.14. The molecular formula is C20H18N5NaO4S. The van der Waals surface area contributed by atoms with Crippen LogP contribution in [-0.4, -0.2) is 20.1 Å². The van der Waals surface area contributed by atoms with Crippen LogP contribution in [0.5, 0.6) is 5.75 Å². The topological polar surface area (TPSA) is 142 Å². The Kier molecular flexibility index (Phi) is 8.43.